The van der Waals surface area contributed by atoms with Crippen LogP contribution in [0.5, 0.6) is 5.75 Å². The molecule has 1 atom stereocenters. The van der Waals surface area contributed by atoms with Gasteiger partial charge in [-0.05, 0) is 23.3 Å². The molecule has 2 rings (SSSR count). The summed E-state index contributed by atoms with van der Waals surface area (Å²) in [5, 5.41) is -0.865. The van der Waals surface area contributed by atoms with Crippen molar-refractivity contribution in [1.29, 1.82) is 0 Å². The van der Waals surface area contributed by atoms with Crippen LogP contribution in [0.4, 0.5) is 8.78 Å². The van der Waals surface area contributed by atoms with Crippen molar-refractivity contribution in [2.24, 2.45) is 0 Å². The molecule has 0 aromatic heterocycles. The minimum absolute atomic E-state index is 0.205. The van der Waals surface area contributed by atoms with Crippen LogP contribution in [0.15, 0.2) is 54.6 Å². The topological polar surface area (TPSA) is 9.23 Å². The SMILES string of the molecule is COc1ccc(C(SCc2ccccc2)C(F)(F)CI)cc1. The van der Waals surface area contributed by atoms with Gasteiger partial charge in [0.25, 0.3) is 5.92 Å². The van der Waals surface area contributed by atoms with Gasteiger partial charge in [-0.15, -0.1) is 11.8 Å². The fourth-order valence-corrected chi connectivity index (χ4v) is 4.03. The van der Waals surface area contributed by atoms with Crippen LogP contribution in [-0.4, -0.2) is 17.5 Å². The highest BCUT2D eigenvalue weighted by atomic mass is 127. The predicted molar refractivity (Wildman–Crippen MR) is 97.3 cm³/mol. The van der Waals surface area contributed by atoms with Gasteiger partial charge >= 0.3 is 0 Å². The van der Waals surface area contributed by atoms with Gasteiger partial charge in [0.1, 0.15) is 5.75 Å². The molecular formula is C17H17F2IOS. The Labute approximate surface area is 147 Å². The molecule has 5 heteroatoms. The van der Waals surface area contributed by atoms with Crippen LogP contribution in [0.1, 0.15) is 16.4 Å². The molecule has 2 aromatic carbocycles. The highest BCUT2D eigenvalue weighted by molar-refractivity contribution is 14.1. The van der Waals surface area contributed by atoms with Crippen LogP contribution in [0.25, 0.3) is 0 Å². The highest BCUT2D eigenvalue weighted by Crippen LogP contribution is 2.44. The third-order valence-electron chi connectivity index (χ3n) is 3.24. The number of halogens is 3. The third kappa shape index (κ3) is 4.59. The van der Waals surface area contributed by atoms with Crippen molar-refractivity contribution in [3.63, 3.8) is 0 Å². The summed E-state index contributed by atoms with van der Waals surface area (Å²) in [6.07, 6.45) is 0. The lowest BCUT2D eigenvalue weighted by atomic mass is 10.1. The monoisotopic (exact) mass is 434 g/mol. The zero-order chi connectivity index (χ0) is 16.0. The largest absolute Gasteiger partial charge is 0.497 e. The second kappa shape index (κ2) is 8.15. The number of thioether (sulfide) groups is 1. The lowest BCUT2D eigenvalue weighted by Crippen LogP contribution is -2.26. The normalized spacial score (nSPS) is 12.9. The molecule has 0 saturated carbocycles. The first kappa shape index (κ1) is 17.5. The fraction of sp³-hybridized carbons (Fsp3) is 0.294. The molecule has 2 aromatic rings. The maximum absolute atomic E-state index is 14.3. The number of alkyl halides is 3. The molecule has 1 nitrogen and oxygen atoms in total. The summed E-state index contributed by atoms with van der Waals surface area (Å²) < 4.78 is 33.5. The Kier molecular flexibility index (Phi) is 6.50. The smallest absolute Gasteiger partial charge is 0.272 e. The first-order valence-corrected chi connectivity index (χ1v) is 9.37. The van der Waals surface area contributed by atoms with Crippen LogP contribution in [0, 0.1) is 0 Å². The Balaban J connectivity index is 2.18. The Hall–Kier alpha value is -0.820. The van der Waals surface area contributed by atoms with E-state index in [1.807, 2.05) is 30.3 Å². The van der Waals surface area contributed by atoms with Gasteiger partial charge in [-0.3, -0.25) is 0 Å². The van der Waals surface area contributed by atoms with Crippen molar-refractivity contribution in [1.82, 2.24) is 0 Å². The Morgan fingerprint density at radius 2 is 1.73 bits per heavy atom. The molecule has 0 aliphatic carbocycles. The van der Waals surface area contributed by atoms with Gasteiger partial charge in [-0.25, -0.2) is 8.78 Å². The van der Waals surface area contributed by atoms with E-state index in [4.69, 9.17) is 4.74 Å². The van der Waals surface area contributed by atoms with Gasteiger partial charge in [0.15, 0.2) is 0 Å². The molecule has 118 valence electrons. The van der Waals surface area contributed by atoms with E-state index in [0.717, 1.165) is 5.56 Å². The van der Waals surface area contributed by atoms with Crippen LogP contribution in [-0.2, 0) is 5.75 Å². The van der Waals surface area contributed by atoms with Crippen LogP contribution in [0.2, 0.25) is 0 Å². The maximum Gasteiger partial charge on any atom is 0.272 e. The van der Waals surface area contributed by atoms with E-state index in [2.05, 4.69) is 0 Å². The number of hydrogen-bond acceptors (Lipinski definition) is 2. The highest BCUT2D eigenvalue weighted by Gasteiger charge is 2.39. The average Bonchev–Trinajstić information content (AvgIpc) is 2.56. The Bertz CT molecular complexity index is 575. The standard InChI is InChI=1S/C17H17F2IOS/c1-21-15-9-7-14(8-10-15)16(17(18,19)12-20)22-11-13-5-3-2-4-6-13/h2-10,16H,11-12H2,1H3. The molecular weight excluding hydrogens is 417 g/mol. The van der Waals surface area contributed by atoms with Gasteiger partial charge in [0.2, 0.25) is 0 Å². The second-order valence-electron chi connectivity index (χ2n) is 4.84. The van der Waals surface area contributed by atoms with E-state index in [0.29, 0.717) is 17.1 Å². The summed E-state index contributed by atoms with van der Waals surface area (Å²) in [6.45, 7) is 0. The Morgan fingerprint density at radius 1 is 1.09 bits per heavy atom. The molecule has 0 spiro atoms. The fourth-order valence-electron chi connectivity index (χ4n) is 2.06. The predicted octanol–water partition coefficient (Wildman–Crippen LogP) is 5.74. The third-order valence-corrected chi connectivity index (χ3v) is 5.71. The van der Waals surface area contributed by atoms with E-state index in [1.54, 1.807) is 54.0 Å². The van der Waals surface area contributed by atoms with Crippen molar-refractivity contribution in [3.8, 4) is 5.75 Å². The number of benzene rings is 2. The number of methoxy groups -OCH3 is 1. The molecule has 0 heterocycles. The molecule has 0 saturated heterocycles. The second-order valence-corrected chi connectivity index (χ2v) is 6.70. The van der Waals surface area contributed by atoms with Crippen molar-refractivity contribution in [3.05, 3.63) is 65.7 Å². The number of hydrogen-bond donors (Lipinski definition) is 0. The summed E-state index contributed by atoms with van der Waals surface area (Å²) in [4.78, 5) is 0. The van der Waals surface area contributed by atoms with E-state index in [-0.39, 0.29) is 4.43 Å². The zero-order valence-corrected chi connectivity index (χ0v) is 15.1. The summed E-state index contributed by atoms with van der Waals surface area (Å²) in [6, 6.07) is 16.6. The first-order valence-electron chi connectivity index (χ1n) is 6.80. The summed E-state index contributed by atoms with van der Waals surface area (Å²) in [7, 11) is 1.57. The van der Waals surface area contributed by atoms with Gasteiger partial charge in [0, 0.05) is 5.75 Å². The van der Waals surface area contributed by atoms with Crippen LogP contribution >= 0.6 is 34.4 Å². The van der Waals surface area contributed by atoms with E-state index in [9.17, 15) is 8.78 Å². The molecule has 0 aliphatic rings. The quantitative estimate of drug-likeness (QED) is 0.406. The molecule has 1 unspecified atom stereocenters. The van der Waals surface area contributed by atoms with Crippen molar-refractivity contribution < 1.29 is 13.5 Å². The lowest BCUT2D eigenvalue weighted by molar-refractivity contribution is 0.0279. The van der Waals surface area contributed by atoms with Crippen molar-refractivity contribution >= 4 is 34.4 Å². The van der Waals surface area contributed by atoms with E-state index >= 15 is 0 Å². The van der Waals surface area contributed by atoms with Crippen molar-refractivity contribution in [2.45, 2.75) is 16.9 Å². The van der Waals surface area contributed by atoms with Crippen LogP contribution in [0.3, 0.4) is 0 Å². The molecule has 0 bridgehead atoms. The van der Waals surface area contributed by atoms with E-state index < -0.39 is 11.2 Å². The molecule has 22 heavy (non-hydrogen) atoms. The summed E-state index contributed by atoms with van der Waals surface area (Å²) in [5.74, 6) is -1.52. The van der Waals surface area contributed by atoms with Gasteiger partial charge in [0.05, 0.1) is 16.8 Å². The Morgan fingerprint density at radius 3 is 2.27 bits per heavy atom. The molecule has 0 fully saturated rings. The lowest BCUT2D eigenvalue weighted by Gasteiger charge is -2.25. The summed E-state index contributed by atoms with van der Waals surface area (Å²) >= 11 is 3.03. The first-order chi connectivity index (χ1) is 10.6. The molecule has 0 amide bonds. The number of rotatable bonds is 7. The maximum atomic E-state index is 14.3. The molecule has 0 aliphatic heterocycles. The minimum Gasteiger partial charge on any atom is -0.497 e. The van der Waals surface area contributed by atoms with Gasteiger partial charge in [-0.1, -0.05) is 65.1 Å². The number of ether oxygens (including phenoxy) is 1. The van der Waals surface area contributed by atoms with Gasteiger partial charge < -0.3 is 4.74 Å². The average molecular weight is 434 g/mol. The van der Waals surface area contributed by atoms with Crippen molar-refractivity contribution in [2.75, 3.05) is 11.5 Å². The van der Waals surface area contributed by atoms with Gasteiger partial charge in [-0.2, -0.15) is 0 Å². The summed E-state index contributed by atoms with van der Waals surface area (Å²) in [5.41, 5.74) is 1.68. The molecule has 0 N–H and O–H groups in total. The van der Waals surface area contributed by atoms with Crippen LogP contribution < -0.4 is 4.74 Å². The van der Waals surface area contributed by atoms with E-state index in [1.165, 1.54) is 11.8 Å². The zero-order valence-electron chi connectivity index (χ0n) is 12.1. The molecule has 0 radical (unpaired) electrons. The minimum atomic E-state index is -2.76.